The summed E-state index contributed by atoms with van der Waals surface area (Å²) in [7, 11) is 3.03. The Morgan fingerprint density at radius 2 is 1.76 bits per heavy atom. The standard InChI is InChI=1S/C10H11N5O2/c1-16-8-3-7(9(17-2)15-14-8)6-4-12-10(11)13-5-6/h3-5H,1-2H3,(H2,11,12,13). The summed E-state index contributed by atoms with van der Waals surface area (Å²) in [5.41, 5.74) is 6.85. The molecular formula is C10H11N5O2. The van der Waals surface area contributed by atoms with Gasteiger partial charge >= 0.3 is 0 Å². The number of hydrogen-bond acceptors (Lipinski definition) is 7. The molecule has 2 rings (SSSR count). The van der Waals surface area contributed by atoms with Gasteiger partial charge in [0.05, 0.1) is 19.8 Å². The maximum absolute atomic E-state index is 5.43. The van der Waals surface area contributed by atoms with Crippen molar-refractivity contribution in [3.05, 3.63) is 18.5 Å². The van der Waals surface area contributed by atoms with E-state index in [-0.39, 0.29) is 5.95 Å². The molecule has 2 aromatic rings. The molecule has 0 spiro atoms. The Morgan fingerprint density at radius 3 is 2.35 bits per heavy atom. The number of methoxy groups -OCH3 is 2. The van der Waals surface area contributed by atoms with Crippen LogP contribution in [0.1, 0.15) is 0 Å². The second-order valence-electron chi connectivity index (χ2n) is 3.14. The van der Waals surface area contributed by atoms with Gasteiger partial charge in [0.2, 0.25) is 17.7 Å². The molecule has 0 saturated carbocycles. The SMILES string of the molecule is COc1cc(-c2cnc(N)nc2)c(OC)nn1. The summed E-state index contributed by atoms with van der Waals surface area (Å²) in [5.74, 6) is 0.971. The molecule has 0 fully saturated rings. The third kappa shape index (κ3) is 2.22. The largest absolute Gasteiger partial charge is 0.480 e. The van der Waals surface area contributed by atoms with Crippen molar-refractivity contribution in [1.29, 1.82) is 0 Å². The van der Waals surface area contributed by atoms with Crippen molar-refractivity contribution in [2.24, 2.45) is 0 Å². The van der Waals surface area contributed by atoms with Crippen LogP contribution >= 0.6 is 0 Å². The predicted molar refractivity (Wildman–Crippen MR) is 60.6 cm³/mol. The smallest absolute Gasteiger partial charge is 0.241 e. The van der Waals surface area contributed by atoms with E-state index < -0.39 is 0 Å². The molecule has 2 aromatic heterocycles. The lowest BCUT2D eigenvalue weighted by atomic mass is 10.1. The highest BCUT2D eigenvalue weighted by Crippen LogP contribution is 2.28. The van der Waals surface area contributed by atoms with Crippen molar-refractivity contribution in [2.75, 3.05) is 20.0 Å². The van der Waals surface area contributed by atoms with Gasteiger partial charge in [-0.3, -0.25) is 0 Å². The summed E-state index contributed by atoms with van der Waals surface area (Å²) in [6, 6.07) is 1.70. The van der Waals surface area contributed by atoms with Gasteiger partial charge < -0.3 is 15.2 Å². The molecule has 7 heteroatoms. The molecule has 0 saturated heterocycles. The predicted octanol–water partition coefficient (Wildman–Crippen LogP) is 0.533. The molecule has 0 unspecified atom stereocenters. The molecule has 0 amide bonds. The zero-order valence-electron chi connectivity index (χ0n) is 9.41. The number of nitrogen functional groups attached to an aromatic ring is 1. The van der Waals surface area contributed by atoms with Gasteiger partial charge in [0, 0.05) is 24.0 Å². The first kappa shape index (κ1) is 11.1. The van der Waals surface area contributed by atoms with Gasteiger partial charge in [0.15, 0.2) is 0 Å². The Labute approximate surface area is 97.6 Å². The zero-order chi connectivity index (χ0) is 12.3. The molecule has 0 aliphatic carbocycles. The monoisotopic (exact) mass is 233 g/mol. The molecular weight excluding hydrogens is 222 g/mol. The lowest BCUT2D eigenvalue weighted by Gasteiger charge is -2.07. The van der Waals surface area contributed by atoms with E-state index in [1.54, 1.807) is 18.5 Å². The van der Waals surface area contributed by atoms with Crippen LogP contribution in [0, 0.1) is 0 Å². The summed E-state index contributed by atoms with van der Waals surface area (Å²) < 4.78 is 10.1. The molecule has 88 valence electrons. The number of hydrogen-bond donors (Lipinski definition) is 1. The topological polar surface area (TPSA) is 96.0 Å². The molecule has 0 aliphatic rings. The van der Waals surface area contributed by atoms with E-state index in [1.165, 1.54) is 14.2 Å². The first-order chi connectivity index (χ1) is 8.24. The Hall–Kier alpha value is -2.44. The van der Waals surface area contributed by atoms with Crippen molar-refractivity contribution >= 4 is 5.95 Å². The van der Waals surface area contributed by atoms with Crippen LogP contribution in [0.4, 0.5) is 5.95 Å². The minimum absolute atomic E-state index is 0.210. The summed E-state index contributed by atoms with van der Waals surface area (Å²) in [6.45, 7) is 0. The van der Waals surface area contributed by atoms with E-state index in [0.717, 1.165) is 5.56 Å². The molecule has 2 heterocycles. The van der Waals surface area contributed by atoms with Crippen LogP contribution in [-0.4, -0.2) is 34.4 Å². The van der Waals surface area contributed by atoms with Crippen molar-refractivity contribution < 1.29 is 9.47 Å². The van der Waals surface area contributed by atoms with Gasteiger partial charge in [-0.2, -0.15) is 0 Å². The molecule has 0 bridgehead atoms. The van der Waals surface area contributed by atoms with Crippen LogP contribution < -0.4 is 15.2 Å². The molecule has 2 N–H and O–H groups in total. The van der Waals surface area contributed by atoms with Gasteiger partial charge in [-0.05, 0) is 0 Å². The van der Waals surface area contributed by atoms with Gasteiger partial charge in [0.1, 0.15) is 0 Å². The van der Waals surface area contributed by atoms with Gasteiger partial charge in [-0.15, -0.1) is 10.2 Å². The minimum atomic E-state index is 0.210. The second-order valence-corrected chi connectivity index (χ2v) is 3.14. The van der Waals surface area contributed by atoms with Crippen LogP contribution in [0.15, 0.2) is 18.5 Å². The Kier molecular flexibility index (Phi) is 2.99. The first-order valence-electron chi connectivity index (χ1n) is 4.78. The Bertz CT molecular complexity index is 515. The molecule has 0 aromatic carbocycles. The van der Waals surface area contributed by atoms with Crippen molar-refractivity contribution in [1.82, 2.24) is 20.2 Å². The normalized spacial score (nSPS) is 10.0. The number of aromatic nitrogens is 4. The van der Waals surface area contributed by atoms with Gasteiger partial charge in [0.25, 0.3) is 0 Å². The lowest BCUT2D eigenvalue weighted by Crippen LogP contribution is -1.99. The number of anilines is 1. The van der Waals surface area contributed by atoms with Crippen molar-refractivity contribution in [3.63, 3.8) is 0 Å². The zero-order valence-corrected chi connectivity index (χ0v) is 9.41. The van der Waals surface area contributed by atoms with E-state index in [9.17, 15) is 0 Å². The molecule has 17 heavy (non-hydrogen) atoms. The first-order valence-corrected chi connectivity index (χ1v) is 4.78. The average molecular weight is 233 g/mol. The highest BCUT2D eigenvalue weighted by atomic mass is 16.5. The number of nitrogens with two attached hydrogens (primary N) is 1. The molecule has 0 radical (unpaired) electrons. The van der Waals surface area contributed by atoms with E-state index in [0.29, 0.717) is 17.3 Å². The summed E-state index contributed by atoms with van der Waals surface area (Å²) in [5, 5.41) is 7.69. The Balaban J connectivity index is 2.51. The molecule has 0 atom stereocenters. The fraction of sp³-hybridized carbons (Fsp3) is 0.200. The Morgan fingerprint density at radius 1 is 1.06 bits per heavy atom. The van der Waals surface area contributed by atoms with E-state index >= 15 is 0 Å². The number of ether oxygens (including phenoxy) is 2. The third-order valence-electron chi connectivity index (χ3n) is 2.12. The number of rotatable bonds is 3. The van der Waals surface area contributed by atoms with Crippen molar-refractivity contribution in [2.45, 2.75) is 0 Å². The minimum Gasteiger partial charge on any atom is -0.480 e. The van der Waals surface area contributed by atoms with Crippen LogP contribution in [-0.2, 0) is 0 Å². The maximum Gasteiger partial charge on any atom is 0.241 e. The fourth-order valence-corrected chi connectivity index (χ4v) is 1.30. The van der Waals surface area contributed by atoms with E-state index in [4.69, 9.17) is 15.2 Å². The fourth-order valence-electron chi connectivity index (χ4n) is 1.30. The average Bonchev–Trinajstić information content (AvgIpc) is 2.39. The number of nitrogens with zero attached hydrogens (tertiary/aromatic N) is 4. The van der Waals surface area contributed by atoms with Crippen LogP contribution in [0.5, 0.6) is 11.8 Å². The second kappa shape index (κ2) is 4.60. The van der Waals surface area contributed by atoms with Crippen LogP contribution in [0.25, 0.3) is 11.1 Å². The molecule has 0 aliphatic heterocycles. The highest BCUT2D eigenvalue weighted by Gasteiger charge is 2.11. The van der Waals surface area contributed by atoms with E-state index in [2.05, 4.69) is 20.2 Å². The quantitative estimate of drug-likeness (QED) is 0.826. The summed E-state index contributed by atoms with van der Waals surface area (Å²) in [4.78, 5) is 7.82. The lowest BCUT2D eigenvalue weighted by molar-refractivity contribution is 0.369. The van der Waals surface area contributed by atoms with Gasteiger partial charge in [-0.1, -0.05) is 0 Å². The van der Waals surface area contributed by atoms with E-state index in [1.807, 2.05) is 0 Å². The van der Waals surface area contributed by atoms with Crippen LogP contribution in [0.2, 0.25) is 0 Å². The van der Waals surface area contributed by atoms with Gasteiger partial charge in [-0.25, -0.2) is 9.97 Å². The maximum atomic E-state index is 5.43. The highest BCUT2D eigenvalue weighted by molar-refractivity contribution is 5.67. The molecule has 7 nitrogen and oxygen atoms in total. The third-order valence-corrected chi connectivity index (χ3v) is 2.12. The van der Waals surface area contributed by atoms with Crippen LogP contribution in [0.3, 0.4) is 0 Å². The van der Waals surface area contributed by atoms with Crippen molar-refractivity contribution in [3.8, 4) is 22.9 Å². The summed E-state index contributed by atoms with van der Waals surface area (Å²) in [6.07, 6.45) is 3.17. The summed E-state index contributed by atoms with van der Waals surface area (Å²) >= 11 is 0.